The molecule has 3 N–H and O–H groups in total. The lowest BCUT2D eigenvalue weighted by Crippen LogP contribution is -2.45. The van der Waals surface area contributed by atoms with E-state index in [1.807, 2.05) is 17.8 Å². The van der Waals surface area contributed by atoms with E-state index in [0.29, 0.717) is 5.92 Å². The SMILES string of the molecule is NNC(c1ncccn1)C1CCOC2(CCSC2)C1. The summed E-state index contributed by atoms with van der Waals surface area (Å²) in [6.07, 6.45) is 6.76. The lowest BCUT2D eigenvalue weighted by Gasteiger charge is -2.40. The Balaban J connectivity index is 1.76. The van der Waals surface area contributed by atoms with Gasteiger partial charge in [0.15, 0.2) is 0 Å². The van der Waals surface area contributed by atoms with Crippen LogP contribution in [0.4, 0.5) is 0 Å². The van der Waals surface area contributed by atoms with Gasteiger partial charge in [-0.05, 0) is 37.0 Å². The lowest BCUT2D eigenvalue weighted by atomic mass is 9.81. The van der Waals surface area contributed by atoms with E-state index in [0.717, 1.165) is 37.4 Å². The van der Waals surface area contributed by atoms with Gasteiger partial charge < -0.3 is 4.74 Å². The molecule has 5 nitrogen and oxygen atoms in total. The highest BCUT2D eigenvalue weighted by molar-refractivity contribution is 7.99. The predicted molar refractivity (Wildman–Crippen MR) is 75.4 cm³/mol. The van der Waals surface area contributed by atoms with Crippen molar-refractivity contribution >= 4 is 11.8 Å². The Morgan fingerprint density at radius 1 is 1.47 bits per heavy atom. The van der Waals surface area contributed by atoms with Gasteiger partial charge in [0.1, 0.15) is 5.82 Å². The number of hydrogen-bond donors (Lipinski definition) is 2. The first-order valence-electron chi connectivity index (χ1n) is 6.78. The van der Waals surface area contributed by atoms with E-state index in [1.54, 1.807) is 12.4 Å². The Morgan fingerprint density at radius 2 is 2.32 bits per heavy atom. The second-order valence-corrected chi connectivity index (χ2v) is 6.44. The fourth-order valence-corrected chi connectivity index (χ4v) is 4.48. The van der Waals surface area contributed by atoms with Crippen molar-refractivity contribution in [3.05, 3.63) is 24.3 Å². The molecular formula is C13H20N4OS. The van der Waals surface area contributed by atoms with E-state index in [4.69, 9.17) is 10.6 Å². The highest BCUT2D eigenvalue weighted by atomic mass is 32.2. The summed E-state index contributed by atoms with van der Waals surface area (Å²) in [6.45, 7) is 0.816. The molecule has 0 aromatic carbocycles. The topological polar surface area (TPSA) is 73.1 Å². The van der Waals surface area contributed by atoms with Gasteiger partial charge in [0.05, 0.1) is 11.6 Å². The molecule has 0 radical (unpaired) electrons. The van der Waals surface area contributed by atoms with Crippen LogP contribution in [0.1, 0.15) is 31.1 Å². The molecule has 3 unspecified atom stereocenters. The van der Waals surface area contributed by atoms with Crippen LogP contribution in [0.25, 0.3) is 0 Å². The third-order valence-corrected chi connectivity index (χ3v) is 5.34. The third kappa shape index (κ3) is 2.76. The maximum absolute atomic E-state index is 6.06. The lowest BCUT2D eigenvalue weighted by molar-refractivity contribution is -0.0858. The van der Waals surface area contributed by atoms with Crippen molar-refractivity contribution in [3.8, 4) is 0 Å². The summed E-state index contributed by atoms with van der Waals surface area (Å²) in [6, 6.07) is 1.85. The van der Waals surface area contributed by atoms with Gasteiger partial charge in [0.25, 0.3) is 0 Å². The van der Waals surface area contributed by atoms with E-state index in [2.05, 4.69) is 15.4 Å². The van der Waals surface area contributed by atoms with Crippen LogP contribution in [-0.4, -0.2) is 33.7 Å². The average Bonchev–Trinajstić information content (AvgIpc) is 2.89. The molecule has 0 saturated carbocycles. The molecule has 0 aliphatic carbocycles. The second-order valence-electron chi connectivity index (χ2n) is 5.34. The molecule has 0 bridgehead atoms. The number of nitrogens with two attached hydrogens (primary N) is 1. The van der Waals surface area contributed by atoms with Crippen molar-refractivity contribution in [1.82, 2.24) is 15.4 Å². The fourth-order valence-electron chi connectivity index (χ4n) is 3.11. The van der Waals surface area contributed by atoms with Crippen LogP contribution in [-0.2, 0) is 4.74 Å². The predicted octanol–water partition coefficient (Wildman–Crippen LogP) is 1.28. The summed E-state index contributed by atoms with van der Waals surface area (Å²) >= 11 is 1.99. The molecule has 0 amide bonds. The maximum atomic E-state index is 6.06. The van der Waals surface area contributed by atoms with Gasteiger partial charge in [0.2, 0.25) is 0 Å². The molecule has 2 aliphatic rings. The minimum absolute atomic E-state index is 0.0209. The van der Waals surface area contributed by atoms with Crippen LogP contribution in [0.5, 0.6) is 0 Å². The van der Waals surface area contributed by atoms with Crippen molar-refractivity contribution in [2.45, 2.75) is 30.9 Å². The molecule has 3 rings (SSSR count). The molecule has 104 valence electrons. The Morgan fingerprint density at radius 3 is 3.00 bits per heavy atom. The number of nitrogens with zero attached hydrogens (tertiary/aromatic N) is 2. The standard InChI is InChI=1S/C13H20N4OS/c14-17-11(12-15-4-1-5-16-12)10-2-6-18-13(8-10)3-7-19-9-13/h1,4-5,10-11,17H,2-3,6-9,14H2. The van der Waals surface area contributed by atoms with Crippen LogP contribution < -0.4 is 11.3 Å². The van der Waals surface area contributed by atoms with Crippen LogP contribution in [0.3, 0.4) is 0 Å². The highest BCUT2D eigenvalue weighted by Crippen LogP contribution is 2.43. The van der Waals surface area contributed by atoms with E-state index >= 15 is 0 Å². The van der Waals surface area contributed by atoms with Gasteiger partial charge in [-0.2, -0.15) is 11.8 Å². The number of hydrogen-bond acceptors (Lipinski definition) is 6. The Kier molecular flexibility index (Phi) is 4.02. The zero-order chi connectivity index (χ0) is 13.1. The summed E-state index contributed by atoms with van der Waals surface area (Å²) in [5, 5.41) is 0. The fraction of sp³-hybridized carbons (Fsp3) is 0.692. The summed E-state index contributed by atoms with van der Waals surface area (Å²) in [4.78, 5) is 8.68. The van der Waals surface area contributed by atoms with Gasteiger partial charge in [-0.3, -0.25) is 5.84 Å². The Bertz CT molecular complexity index is 410. The molecule has 6 heteroatoms. The zero-order valence-corrected chi connectivity index (χ0v) is 11.7. The molecular weight excluding hydrogens is 260 g/mol. The molecule has 2 fully saturated rings. The number of ether oxygens (including phenoxy) is 1. The smallest absolute Gasteiger partial charge is 0.146 e. The van der Waals surface area contributed by atoms with Crippen LogP contribution in [0, 0.1) is 5.92 Å². The van der Waals surface area contributed by atoms with Crippen LogP contribution >= 0.6 is 11.8 Å². The number of thioether (sulfide) groups is 1. The number of rotatable bonds is 3. The van der Waals surface area contributed by atoms with Crippen molar-refractivity contribution < 1.29 is 4.74 Å². The van der Waals surface area contributed by atoms with Gasteiger partial charge in [-0.1, -0.05) is 0 Å². The van der Waals surface area contributed by atoms with Crippen LogP contribution in [0.15, 0.2) is 18.5 Å². The summed E-state index contributed by atoms with van der Waals surface area (Å²) < 4.78 is 6.06. The molecule has 3 heterocycles. The van der Waals surface area contributed by atoms with Gasteiger partial charge >= 0.3 is 0 Å². The van der Waals surface area contributed by atoms with E-state index in [-0.39, 0.29) is 11.6 Å². The minimum atomic E-state index is 0.0209. The van der Waals surface area contributed by atoms with E-state index in [9.17, 15) is 0 Å². The first-order chi connectivity index (χ1) is 9.33. The van der Waals surface area contributed by atoms with Crippen molar-refractivity contribution in [1.29, 1.82) is 0 Å². The first kappa shape index (κ1) is 13.3. The quantitative estimate of drug-likeness (QED) is 0.642. The van der Waals surface area contributed by atoms with E-state index < -0.39 is 0 Å². The molecule has 19 heavy (non-hydrogen) atoms. The van der Waals surface area contributed by atoms with Crippen molar-refractivity contribution in [2.24, 2.45) is 11.8 Å². The second kappa shape index (κ2) is 5.75. The van der Waals surface area contributed by atoms with Gasteiger partial charge in [-0.25, -0.2) is 15.4 Å². The van der Waals surface area contributed by atoms with Crippen molar-refractivity contribution in [3.63, 3.8) is 0 Å². The average molecular weight is 280 g/mol. The maximum Gasteiger partial charge on any atom is 0.146 e. The number of nitrogens with one attached hydrogen (secondary N) is 1. The van der Waals surface area contributed by atoms with Crippen LogP contribution in [0.2, 0.25) is 0 Å². The van der Waals surface area contributed by atoms with Crippen molar-refractivity contribution in [2.75, 3.05) is 18.1 Å². The zero-order valence-electron chi connectivity index (χ0n) is 10.9. The minimum Gasteiger partial charge on any atom is -0.374 e. The molecule has 1 spiro atoms. The Labute approximate surface area is 117 Å². The third-order valence-electron chi connectivity index (χ3n) is 4.11. The summed E-state index contributed by atoms with van der Waals surface area (Å²) in [5.74, 6) is 9.29. The summed E-state index contributed by atoms with van der Waals surface area (Å²) in [7, 11) is 0. The molecule has 1 aromatic heterocycles. The molecule has 2 saturated heterocycles. The largest absolute Gasteiger partial charge is 0.374 e. The monoisotopic (exact) mass is 280 g/mol. The number of aromatic nitrogens is 2. The molecule has 3 atom stereocenters. The first-order valence-corrected chi connectivity index (χ1v) is 7.93. The Hall–Kier alpha value is -0.690. The summed E-state index contributed by atoms with van der Waals surface area (Å²) in [5.41, 5.74) is 2.97. The van der Waals surface area contributed by atoms with Gasteiger partial charge in [0, 0.05) is 24.8 Å². The normalized spacial score (nSPS) is 32.6. The van der Waals surface area contributed by atoms with E-state index in [1.165, 1.54) is 5.75 Å². The molecule has 1 aromatic rings. The highest BCUT2D eigenvalue weighted by Gasteiger charge is 2.43. The molecule has 2 aliphatic heterocycles. The number of hydrazine groups is 1. The van der Waals surface area contributed by atoms with Gasteiger partial charge in [-0.15, -0.1) is 0 Å².